The van der Waals surface area contributed by atoms with E-state index in [1.807, 2.05) is 0 Å². The van der Waals surface area contributed by atoms with Gasteiger partial charge in [-0.1, -0.05) is 23.6 Å². The average Bonchev–Trinajstić information content (AvgIpc) is 2.94. The zero-order chi connectivity index (χ0) is 12.8. The van der Waals surface area contributed by atoms with Crippen molar-refractivity contribution in [2.24, 2.45) is 34.7 Å². The van der Waals surface area contributed by atoms with Crippen LogP contribution in [0.4, 0.5) is 0 Å². The van der Waals surface area contributed by atoms with E-state index in [-0.39, 0.29) is 0 Å². The van der Waals surface area contributed by atoms with Crippen molar-refractivity contribution in [3.8, 4) is 0 Å². The highest BCUT2D eigenvalue weighted by molar-refractivity contribution is 5.96. The number of rotatable bonds is 0. The van der Waals surface area contributed by atoms with Crippen LogP contribution in [-0.2, 0) is 0 Å². The first-order valence-electron chi connectivity index (χ1n) is 8.28. The Morgan fingerprint density at radius 3 is 2.74 bits per heavy atom. The third kappa shape index (κ3) is 1.86. The number of allylic oxidation sites excluding steroid dienone is 2. The Hall–Kier alpha value is -0.790. The Labute approximate surface area is 116 Å². The van der Waals surface area contributed by atoms with E-state index in [9.17, 15) is 0 Å². The maximum atomic E-state index is 8.98. The van der Waals surface area contributed by atoms with Gasteiger partial charge in [0.05, 0.1) is 5.71 Å². The number of oxime groups is 1. The standard InChI is InChI=1S/C17H25NO/c19-18-13-6-9-15-12(10-13)5-8-16-14-3-1-2-11(14)4-7-17(15)16/h10-11,14-17,19H,1-9H2/b18-13+/t11-,14+,15-,16-,17+/m0/s1. The van der Waals surface area contributed by atoms with Gasteiger partial charge in [0.2, 0.25) is 0 Å². The maximum absolute atomic E-state index is 8.98. The van der Waals surface area contributed by atoms with Crippen LogP contribution >= 0.6 is 0 Å². The third-order valence-corrected chi connectivity index (χ3v) is 6.64. The monoisotopic (exact) mass is 259 g/mol. The Morgan fingerprint density at radius 1 is 0.895 bits per heavy atom. The van der Waals surface area contributed by atoms with Crippen molar-refractivity contribution in [3.63, 3.8) is 0 Å². The van der Waals surface area contributed by atoms with Gasteiger partial charge in [-0.3, -0.25) is 0 Å². The van der Waals surface area contributed by atoms with Crippen molar-refractivity contribution in [3.05, 3.63) is 11.6 Å². The Kier molecular flexibility index (Phi) is 2.93. The van der Waals surface area contributed by atoms with E-state index in [1.165, 1.54) is 51.4 Å². The summed E-state index contributed by atoms with van der Waals surface area (Å²) in [5, 5.41) is 12.4. The van der Waals surface area contributed by atoms with Crippen LogP contribution in [0.25, 0.3) is 0 Å². The molecule has 0 radical (unpaired) electrons. The van der Waals surface area contributed by atoms with Gasteiger partial charge in [0.25, 0.3) is 0 Å². The highest BCUT2D eigenvalue weighted by Gasteiger charge is 2.47. The molecule has 0 amide bonds. The molecule has 3 fully saturated rings. The minimum absolute atomic E-state index is 0.825. The number of nitrogens with zero attached hydrogens (tertiary/aromatic N) is 1. The molecule has 19 heavy (non-hydrogen) atoms. The lowest BCUT2D eigenvalue weighted by Crippen LogP contribution is -2.40. The summed E-state index contributed by atoms with van der Waals surface area (Å²) in [6.45, 7) is 0. The fourth-order valence-corrected chi connectivity index (χ4v) is 5.89. The normalized spacial score (nSPS) is 47.3. The van der Waals surface area contributed by atoms with E-state index in [0.29, 0.717) is 0 Å². The first-order valence-corrected chi connectivity index (χ1v) is 8.28. The van der Waals surface area contributed by atoms with Crippen molar-refractivity contribution in [2.45, 2.75) is 57.8 Å². The fraction of sp³-hybridized carbons (Fsp3) is 0.824. The molecule has 0 spiro atoms. The maximum Gasteiger partial charge on any atom is 0.0795 e. The van der Waals surface area contributed by atoms with Crippen LogP contribution in [0.2, 0.25) is 0 Å². The minimum Gasteiger partial charge on any atom is -0.411 e. The van der Waals surface area contributed by atoms with Crippen LogP contribution in [0, 0.1) is 29.6 Å². The van der Waals surface area contributed by atoms with Gasteiger partial charge < -0.3 is 5.21 Å². The highest BCUT2D eigenvalue weighted by Crippen LogP contribution is 2.56. The number of hydrogen-bond acceptors (Lipinski definition) is 2. The molecule has 0 saturated heterocycles. The zero-order valence-electron chi connectivity index (χ0n) is 11.7. The molecule has 4 rings (SSSR count). The van der Waals surface area contributed by atoms with Crippen molar-refractivity contribution in [1.29, 1.82) is 0 Å². The SMILES string of the molecule is O/N=C1/C=C2CC[C@H]3[C@@H]4CCC[C@H]4CC[C@@H]3[C@H]2CC1. The average molecular weight is 259 g/mol. The Bertz CT molecular complexity index is 425. The van der Waals surface area contributed by atoms with Crippen LogP contribution in [0.1, 0.15) is 57.8 Å². The Morgan fingerprint density at radius 2 is 1.84 bits per heavy atom. The van der Waals surface area contributed by atoms with Gasteiger partial charge in [0.15, 0.2) is 0 Å². The topological polar surface area (TPSA) is 32.6 Å². The Balaban J connectivity index is 1.60. The molecule has 0 aromatic heterocycles. The summed E-state index contributed by atoms with van der Waals surface area (Å²) in [4.78, 5) is 0. The summed E-state index contributed by atoms with van der Waals surface area (Å²) in [7, 11) is 0. The summed E-state index contributed by atoms with van der Waals surface area (Å²) in [5.41, 5.74) is 2.52. The summed E-state index contributed by atoms with van der Waals surface area (Å²) in [6.07, 6.45) is 14.6. The molecular weight excluding hydrogens is 234 g/mol. The van der Waals surface area contributed by atoms with Crippen molar-refractivity contribution in [2.75, 3.05) is 0 Å². The van der Waals surface area contributed by atoms with E-state index in [4.69, 9.17) is 5.21 Å². The molecule has 0 aliphatic heterocycles. The largest absolute Gasteiger partial charge is 0.411 e. The van der Waals surface area contributed by atoms with Crippen LogP contribution in [0.5, 0.6) is 0 Å². The van der Waals surface area contributed by atoms with Crippen LogP contribution < -0.4 is 0 Å². The molecule has 0 aromatic carbocycles. The van der Waals surface area contributed by atoms with Crippen molar-refractivity contribution in [1.82, 2.24) is 0 Å². The highest BCUT2D eigenvalue weighted by atomic mass is 16.4. The van der Waals surface area contributed by atoms with Gasteiger partial charge in [-0.25, -0.2) is 0 Å². The molecule has 4 aliphatic rings. The molecule has 2 heteroatoms. The minimum atomic E-state index is 0.825. The van der Waals surface area contributed by atoms with E-state index in [0.717, 1.165) is 41.7 Å². The van der Waals surface area contributed by atoms with Gasteiger partial charge in [0, 0.05) is 0 Å². The fourth-order valence-electron chi connectivity index (χ4n) is 5.89. The molecule has 0 heterocycles. The molecular formula is C17H25NO. The zero-order valence-corrected chi connectivity index (χ0v) is 11.7. The molecule has 0 unspecified atom stereocenters. The molecule has 0 aromatic rings. The molecule has 2 nitrogen and oxygen atoms in total. The van der Waals surface area contributed by atoms with Gasteiger partial charge in [0.1, 0.15) is 0 Å². The summed E-state index contributed by atoms with van der Waals surface area (Å²) < 4.78 is 0. The first-order chi connectivity index (χ1) is 9.36. The molecule has 5 atom stereocenters. The summed E-state index contributed by atoms with van der Waals surface area (Å²) in [6, 6.07) is 0. The molecule has 0 bridgehead atoms. The second-order valence-corrected chi connectivity index (χ2v) is 7.25. The van der Waals surface area contributed by atoms with Gasteiger partial charge in [-0.05, 0) is 80.6 Å². The predicted octanol–water partition coefficient (Wildman–Crippen LogP) is 4.39. The van der Waals surface area contributed by atoms with Crippen LogP contribution in [-0.4, -0.2) is 10.9 Å². The molecule has 104 valence electrons. The second-order valence-electron chi connectivity index (χ2n) is 7.25. The van der Waals surface area contributed by atoms with Gasteiger partial charge >= 0.3 is 0 Å². The van der Waals surface area contributed by atoms with E-state index < -0.39 is 0 Å². The van der Waals surface area contributed by atoms with E-state index in [1.54, 1.807) is 5.57 Å². The molecule has 3 saturated carbocycles. The third-order valence-electron chi connectivity index (χ3n) is 6.64. The van der Waals surface area contributed by atoms with E-state index in [2.05, 4.69) is 11.2 Å². The summed E-state index contributed by atoms with van der Waals surface area (Å²) >= 11 is 0. The van der Waals surface area contributed by atoms with Crippen molar-refractivity contribution >= 4 is 5.71 Å². The predicted molar refractivity (Wildman–Crippen MR) is 76.3 cm³/mol. The lowest BCUT2D eigenvalue weighted by Gasteiger charge is -2.49. The first kappa shape index (κ1) is 12.0. The number of hydrogen-bond donors (Lipinski definition) is 1. The van der Waals surface area contributed by atoms with Gasteiger partial charge in [-0.2, -0.15) is 0 Å². The molecule has 4 aliphatic carbocycles. The quantitative estimate of drug-likeness (QED) is 0.508. The van der Waals surface area contributed by atoms with Gasteiger partial charge in [-0.15, -0.1) is 0 Å². The lowest BCUT2D eigenvalue weighted by atomic mass is 9.56. The smallest absolute Gasteiger partial charge is 0.0795 e. The lowest BCUT2D eigenvalue weighted by molar-refractivity contribution is 0.0515. The second kappa shape index (κ2) is 4.64. The van der Waals surface area contributed by atoms with Crippen LogP contribution in [0.15, 0.2) is 16.8 Å². The van der Waals surface area contributed by atoms with E-state index >= 15 is 0 Å². The molecule has 1 N–H and O–H groups in total. The van der Waals surface area contributed by atoms with Crippen molar-refractivity contribution < 1.29 is 5.21 Å². The van der Waals surface area contributed by atoms with Crippen LogP contribution in [0.3, 0.4) is 0 Å². The summed E-state index contributed by atoms with van der Waals surface area (Å²) in [5.74, 6) is 4.94. The number of fused-ring (bicyclic) bond motifs is 5.